The van der Waals surface area contributed by atoms with Gasteiger partial charge in [-0.25, -0.2) is 4.39 Å². The smallest absolute Gasteiger partial charge is 0.465 e. The number of alkyl halides is 3. The summed E-state index contributed by atoms with van der Waals surface area (Å²) in [5.74, 6) is -1.67. The van der Waals surface area contributed by atoms with E-state index in [1.807, 2.05) is 0 Å². The highest BCUT2D eigenvalue weighted by Crippen LogP contribution is 2.40. The van der Waals surface area contributed by atoms with E-state index in [2.05, 4.69) is 9.84 Å². The first-order valence-corrected chi connectivity index (χ1v) is 9.27. The lowest BCUT2D eigenvalue weighted by Gasteiger charge is -2.14. The number of ether oxygens (including phenoxy) is 2. The van der Waals surface area contributed by atoms with E-state index >= 15 is 0 Å². The van der Waals surface area contributed by atoms with Crippen LogP contribution in [0.2, 0.25) is 5.02 Å². The second kappa shape index (κ2) is 8.62. The lowest BCUT2D eigenvalue weighted by atomic mass is 10.1. The van der Waals surface area contributed by atoms with Gasteiger partial charge in [0.1, 0.15) is 16.8 Å². The average Bonchev–Trinajstić information content (AvgIpc) is 2.88. The van der Waals surface area contributed by atoms with E-state index in [0.717, 1.165) is 24.0 Å². The van der Waals surface area contributed by atoms with E-state index in [9.17, 15) is 18.0 Å². The van der Waals surface area contributed by atoms with Crippen molar-refractivity contribution in [2.75, 3.05) is 6.61 Å². The van der Waals surface area contributed by atoms with Crippen molar-refractivity contribution in [1.82, 2.24) is 9.78 Å². The van der Waals surface area contributed by atoms with E-state index in [4.69, 9.17) is 27.9 Å². The van der Waals surface area contributed by atoms with Crippen LogP contribution in [0.4, 0.5) is 13.2 Å². The minimum absolute atomic E-state index is 0.0541. The molecule has 0 saturated heterocycles. The van der Waals surface area contributed by atoms with Crippen molar-refractivity contribution in [1.29, 1.82) is 0 Å². The predicted octanol–water partition coefficient (Wildman–Crippen LogP) is 5.09. The molecule has 0 N–H and O–H groups in total. The van der Waals surface area contributed by atoms with Gasteiger partial charge in [-0.05, 0) is 26.0 Å². The van der Waals surface area contributed by atoms with E-state index in [1.54, 1.807) is 13.8 Å². The van der Waals surface area contributed by atoms with Gasteiger partial charge in [-0.2, -0.15) is 5.10 Å². The fourth-order valence-electron chi connectivity index (χ4n) is 2.15. The van der Waals surface area contributed by atoms with Gasteiger partial charge < -0.3 is 9.47 Å². The van der Waals surface area contributed by atoms with Crippen LogP contribution in [-0.2, 0) is 16.6 Å². The molecule has 2 aromatic rings. The van der Waals surface area contributed by atoms with Gasteiger partial charge in [-0.3, -0.25) is 9.48 Å². The minimum atomic E-state index is -3.99. The van der Waals surface area contributed by atoms with Crippen molar-refractivity contribution < 1.29 is 27.4 Å². The molecule has 1 unspecified atom stereocenters. The fraction of sp³-hybridized carbons (Fsp3) is 0.375. The van der Waals surface area contributed by atoms with Crippen LogP contribution in [-0.4, -0.2) is 33.2 Å². The summed E-state index contributed by atoms with van der Waals surface area (Å²) in [4.78, 5) is 12.2. The van der Waals surface area contributed by atoms with Crippen LogP contribution in [0.15, 0.2) is 23.2 Å². The molecule has 0 aliphatic rings. The second-order valence-electron chi connectivity index (χ2n) is 5.34. The SMILES string of the molecule is CCOC(=O)C(C)Sc1cc(-c2nn(C)cc2OC(F)(F)Cl)c(F)cc1Cl. The maximum absolute atomic E-state index is 14.4. The highest BCUT2D eigenvalue weighted by atomic mass is 35.5. The van der Waals surface area contributed by atoms with Crippen LogP contribution >= 0.6 is 35.0 Å². The molecule has 0 fully saturated rings. The monoisotopic (exact) mass is 442 g/mol. The normalized spacial score (nSPS) is 12.7. The Kier molecular flexibility index (Phi) is 6.93. The number of halogens is 5. The van der Waals surface area contributed by atoms with Gasteiger partial charge in [-0.15, -0.1) is 20.5 Å². The Morgan fingerprint density at radius 3 is 2.70 bits per heavy atom. The number of aromatic nitrogens is 2. The summed E-state index contributed by atoms with van der Waals surface area (Å²) in [7, 11) is 1.45. The molecule has 0 aliphatic heterocycles. The topological polar surface area (TPSA) is 53.3 Å². The molecule has 5 nitrogen and oxygen atoms in total. The van der Waals surface area contributed by atoms with Crippen molar-refractivity contribution in [3.63, 3.8) is 0 Å². The maximum atomic E-state index is 14.4. The summed E-state index contributed by atoms with van der Waals surface area (Å²) in [6.07, 6.45) is 1.13. The number of hydrogen-bond acceptors (Lipinski definition) is 5. The number of nitrogens with zero attached hydrogens (tertiary/aromatic N) is 2. The molecular weight excluding hydrogens is 428 g/mol. The van der Waals surface area contributed by atoms with Crippen LogP contribution < -0.4 is 4.74 Å². The van der Waals surface area contributed by atoms with E-state index < -0.39 is 28.4 Å². The van der Waals surface area contributed by atoms with Gasteiger partial charge in [0.15, 0.2) is 5.75 Å². The third-order valence-corrected chi connectivity index (χ3v) is 4.86. The number of esters is 1. The van der Waals surface area contributed by atoms with Crippen LogP contribution in [0.3, 0.4) is 0 Å². The fourth-order valence-corrected chi connectivity index (χ4v) is 3.42. The van der Waals surface area contributed by atoms with Crippen molar-refractivity contribution in [2.45, 2.75) is 29.6 Å². The standard InChI is InChI=1S/C16H15Cl2F3N2O3S/c1-4-25-15(24)8(2)27-13-5-9(11(19)6-10(13)17)14-12(7-23(3)22-14)26-16(18,20)21/h5-8H,4H2,1-3H3. The Morgan fingerprint density at radius 2 is 2.11 bits per heavy atom. The first kappa shape index (κ1) is 21.7. The van der Waals surface area contributed by atoms with Crippen molar-refractivity contribution in [2.24, 2.45) is 7.05 Å². The lowest BCUT2D eigenvalue weighted by molar-refractivity contribution is -0.142. The van der Waals surface area contributed by atoms with Gasteiger partial charge >= 0.3 is 11.5 Å². The van der Waals surface area contributed by atoms with Gasteiger partial charge in [-0.1, -0.05) is 11.6 Å². The Bertz CT molecular complexity index is 843. The molecule has 1 aromatic heterocycles. The third-order valence-electron chi connectivity index (χ3n) is 3.22. The Hall–Kier alpha value is -1.58. The average molecular weight is 443 g/mol. The Balaban J connectivity index is 2.43. The molecule has 0 spiro atoms. The first-order valence-electron chi connectivity index (χ1n) is 7.64. The first-order chi connectivity index (χ1) is 12.5. The van der Waals surface area contributed by atoms with Gasteiger partial charge in [0, 0.05) is 29.1 Å². The molecule has 0 saturated carbocycles. The number of thioether (sulfide) groups is 1. The number of aryl methyl sites for hydroxylation is 1. The molecule has 148 valence electrons. The molecule has 1 heterocycles. The number of carbonyl (C=O) groups is 1. The second-order valence-corrected chi connectivity index (χ2v) is 7.57. The summed E-state index contributed by atoms with van der Waals surface area (Å²) in [6, 6.07) is 2.31. The van der Waals surface area contributed by atoms with Crippen LogP contribution in [0.5, 0.6) is 5.75 Å². The molecule has 1 aromatic carbocycles. The summed E-state index contributed by atoms with van der Waals surface area (Å²) < 4.78 is 50.9. The molecular formula is C16H15Cl2F3N2O3S. The molecule has 27 heavy (non-hydrogen) atoms. The summed E-state index contributed by atoms with van der Waals surface area (Å²) in [5.41, 5.74) is -4.30. The van der Waals surface area contributed by atoms with Crippen molar-refractivity contribution >= 4 is 40.9 Å². The van der Waals surface area contributed by atoms with Gasteiger partial charge in [0.05, 0.1) is 17.8 Å². The highest BCUT2D eigenvalue weighted by molar-refractivity contribution is 8.00. The summed E-state index contributed by atoms with van der Waals surface area (Å²) in [6.45, 7) is 3.49. The van der Waals surface area contributed by atoms with Gasteiger partial charge in [0.2, 0.25) is 0 Å². The third kappa shape index (κ3) is 5.70. The zero-order chi connectivity index (χ0) is 20.4. The molecule has 1 atom stereocenters. The van der Waals surface area contributed by atoms with Crippen LogP contribution in [0, 0.1) is 5.82 Å². The molecule has 11 heteroatoms. The quantitative estimate of drug-likeness (QED) is 0.339. The zero-order valence-corrected chi connectivity index (χ0v) is 16.8. The lowest BCUT2D eigenvalue weighted by Crippen LogP contribution is -2.16. The van der Waals surface area contributed by atoms with Gasteiger partial charge in [0.25, 0.3) is 0 Å². The van der Waals surface area contributed by atoms with Crippen molar-refractivity contribution in [3.05, 3.63) is 29.2 Å². The highest BCUT2D eigenvalue weighted by Gasteiger charge is 2.31. The van der Waals surface area contributed by atoms with Crippen LogP contribution in [0.25, 0.3) is 11.3 Å². The summed E-state index contributed by atoms with van der Waals surface area (Å²) in [5, 5.41) is 3.39. The number of rotatable bonds is 7. The number of hydrogen-bond donors (Lipinski definition) is 0. The minimum Gasteiger partial charge on any atom is -0.465 e. The summed E-state index contributed by atoms with van der Waals surface area (Å²) >= 11 is 11.9. The molecule has 0 radical (unpaired) electrons. The molecule has 0 amide bonds. The van der Waals surface area contributed by atoms with E-state index in [-0.39, 0.29) is 22.9 Å². The Labute approximate surface area is 167 Å². The molecule has 2 rings (SSSR count). The zero-order valence-electron chi connectivity index (χ0n) is 14.4. The molecule has 0 aliphatic carbocycles. The van der Waals surface area contributed by atoms with Crippen molar-refractivity contribution in [3.8, 4) is 17.0 Å². The number of benzene rings is 1. The predicted molar refractivity (Wildman–Crippen MR) is 97.0 cm³/mol. The van der Waals surface area contributed by atoms with E-state index in [0.29, 0.717) is 4.90 Å². The largest absolute Gasteiger partial charge is 0.487 e. The van der Waals surface area contributed by atoms with Crippen LogP contribution in [0.1, 0.15) is 13.8 Å². The maximum Gasteiger partial charge on any atom is 0.487 e. The number of carbonyl (C=O) groups excluding carboxylic acids is 1. The Morgan fingerprint density at radius 1 is 1.44 bits per heavy atom. The van der Waals surface area contributed by atoms with E-state index in [1.165, 1.54) is 17.8 Å². The molecule has 0 bridgehead atoms.